The smallest absolute Gasteiger partial charge is 0.253 e. The van der Waals surface area contributed by atoms with Crippen LogP contribution in [0, 0.1) is 17.8 Å². The summed E-state index contributed by atoms with van der Waals surface area (Å²) in [5.74, 6) is -1.84. The van der Waals surface area contributed by atoms with Crippen molar-refractivity contribution in [2.45, 2.75) is 63.3 Å². The molecule has 0 aliphatic carbocycles. The molecule has 2 unspecified atom stereocenters. The van der Waals surface area contributed by atoms with Crippen LogP contribution < -0.4 is 9.64 Å². The fourth-order valence-electron chi connectivity index (χ4n) is 7.07. The third-order valence-electron chi connectivity index (χ3n) is 9.30. The number of rotatable bonds is 12. The van der Waals surface area contributed by atoms with E-state index in [4.69, 9.17) is 9.47 Å². The van der Waals surface area contributed by atoms with E-state index in [2.05, 4.69) is 13.2 Å². The van der Waals surface area contributed by atoms with Gasteiger partial charge in [0.1, 0.15) is 17.4 Å². The molecule has 3 saturated heterocycles. The minimum atomic E-state index is -1.19. The van der Waals surface area contributed by atoms with Crippen molar-refractivity contribution in [2.75, 3.05) is 38.8 Å². The average Bonchev–Trinajstić information content (AvgIpc) is 3.52. The molecule has 0 saturated carbocycles. The molecule has 0 radical (unpaired) electrons. The highest BCUT2D eigenvalue weighted by Gasteiger charge is 2.79. The lowest BCUT2D eigenvalue weighted by atomic mass is 9.66. The van der Waals surface area contributed by atoms with Crippen molar-refractivity contribution in [1.82, 2.24) is 9.80 Å². The van der Waals surface area contributed by atoms with Crippen LogP contribution in [0.4, 0.5) is 5.69 Å². The average molecular weight is 554 g/mol. The van der Waals surface area contributed by atoms with Gasteiger partial charge < -0.3 is 29.3 Å². The third-order valence-corrected chi connectivity index (χ3v) is 9.30. The summed E-state index contributed by atoms with van der Waals surface area (Å²) in [4.78, 5) is 47.7. The Hall–Kier alpha value is -3.17. The van der Waals surface area contributed by atoms with Gasteiger partial charge in [-0.25, -0.2) is 0 Å². The van der Waals surface area contributed by atoms with Crippen molar-refractivity contribution in [3.8, 4) is 5.75 Å². The van der Waals surface area contributed by atoms with Gasteiger partial charge in [0.2, 0.25) is 11.8 Å². The zero-order valence-electron chi connectivity index (χ0n) is 24.3. The van der Waals surface area contributed by atoms with Gasteiger partial charge in [0.15, 0.2) is 0 Å². The van der Waals surface area contributed by atoms with E-state index >= 15 is 0 Å². The maximum Gasteiger partial charge on any atom is 0.253 e. The van der Waals surface area contributed by atoms with Crippen LogP contribution in [0.15, 0.2) is 49.6 Å². The number of aliphatic hydroxyl groups excluding tert-OH is 1. The fourth-order valence-corrected chi connectivity index (χ4v) is 7.07. The molecule has 9 nitrogen and oxygen atoms in total. The lowest BCUT2D eigenvalue weighted by Gasteiger charge is -2.41. The minimum Gasteiger partial charge on any atom is -0.497 e. The summed E-state index contributed by atoms with van der Waals surface area (Å²) in [6.45, 7) is 13.7. The highest BCUT2D eigenvalue weighted by atomic mass is 16.5. The molecule has 40 heavy (non-hydrogen) atoms. The monoisotopic (exact) mass is 553 g/mol. The Morgan fingerprint density at radius 1 is 1.20 bits per heavy atom. The van der Waals surface area contributed by atoms with E-state index in [1.807, 2.05) is 20.8 Å². The van der Waals surface area contributed by atoms with Gasteiger partial charge in [0.25, 0.3) is 5.91 Å². The van der Waals surface area contributed by atoms with Gasteiger partial charge in [-0.15, -0.1) is 13.2 Å². The van der Waals surface area contributed by atoms with Crippen molar-refractivity contribution in [2.24, 2.45) is 17.8 Å². The molecule has 3 aliphatic rings. The topological polar surface area (TPSA) is 99.6 Å². The van der Waals surface area contributed by atoms with Crippen LogP contribution in [0.1, 0.15) is 40.0 Å². The summed E-state index contributed by atoms with van der Waals surface area (Å²) in [6, 6.07) is 5.51. The number of nitrogens with zero attached hydrogens (tertiary/aromatic N) is 3. The van der Waals surface area contributed by atoms with E-state index in [-0.39, 0.29) is 36.8 Å². The largest absolute Gasteiger partial charge is 0.497 e. The van der Waals surface area contributed by atoms with E-state index in [1.165, 1.54) is 0 Å². The van der Waals surface area contributed by atoms with Crippen molar-refractivity contribution in [3.05, 3.63) is 49.6 Å². The Balaban J connectivity index is 1.86. The molecule has 0 aromatic heterocycles. The van der Waals surface area contributed by atoms with Gasteiger partial charge in [-0.05, 0) is 49.9 Å². The molecule has 9 heteroatoms. The first-order chi connectivity index (χ1) is 19.0. The predicted octanol–water partition coefficient (Wildman–Crippen LogP) is 3.03. The Morgan fingerprint density at radius 3 is 2.40 bits per heavy atom. The lowest BCUT2D eigenvalue weighted by molar-refractivity contribution is -0.152. The maximum atomic E-state index is 14.7. The first-order valence-corrected chi connectivity index (χ1v) is 14.1. The van der Waals surface area contributed by atoms with Gasteiger partial charge in [-0.2, -0.15) is 0 Å². The molecule has 7 atom stereocenters. The number of likely N-dealkylation sites (tertiary alicyclic amines) is 1. The number of aliphatic hydroxyl groups is 1. The van der Waals surface area contributed by atoms with E-state index in [9.17, 15) is 19.5 Å². The molecule has 1 aromatic carbocycles. The number of likely N-dealkylation sites (N-methyl/N-ethyl adjacent to an activating group) is 1. The normalized spacial score (nSPS) is 30.0. The van der Waals surface area contributed by atoms with Gasteiger partial charge in [-0.1, -0.05) is 32.4 Å². The number of carbonyl (C=O) groups excluding carboxylic acids is 3. The zero-order valence-corrected chi connectivity index (χ0v) is 24.3. The van der Waals surface area contributed by atoms with Gasteiger partial charge in [-0.3, -0.25) is 14.4 Å². The standard InChI is InChI=1S/C31H43N3O6/c1-8-17-32(6)27(36)24-25-28(37)34(23(19-35)20(4)10-3)26(31(25)16-15-30(24,5)40-31)29(38)33(18-9-2)21-11-13-22(39-7)14-12-21/h8-9,11-14,20,23-26,35H,1-2,10,15-19H2,3-7H3/t20-,23-,24-,25-,26?,30+,31?/m0/s1. The second-order valence-corrected chi connectivity index (χ2v) is 11.6. The van der Waals surface area contributed by atoms with Crippen molar-refractivity contribution in [1.29, 1.82) is 0 Å². The van der Waals surface area contributed by atoms with E-state index in [1.54, 1.807) is 65.3 Å². The molecular formula is C31H43N3O6. The summed E-state index contributed by atoms with van der Waals surface area (Å²) in [7, 11) is 3.27. The van der Waals surface area contributed by atoms with Crippen molar-refractivity contribution >= 4 is 23.4 Å². The predicted molar refractivity (Wildman–Crippen MR) is 153 cm³/mol. The number of fused-ring (bicyclic) bond motifs is 1. The molecule has 3 heterocycles. The van der Waals surface area contributed by atoms with E-state index < -0.39 is 35.1 Å². The summed E-state index contributed by atoms with van der Waals surface area (Å²) in [5.41, 5.74) is -1.45. The highest BCUT2D eigenvalue weighted by Crippen LogP contribution is 2.64. The molecule has 4 rings (SSSR count). The first-order valence-electron chi connectivity index (χ1n) is 14.1. The van der Waals surface area contributed by atoms with Crippen LogP contribution in [0.25, 0.3) is 0 Å². The van der Waals surface area contributed by atoms with Crippen LogP contribution >= 0.6 is 0 Å². The van der Waals surface area contributed by atoms with Crippen LogP contribution in [-0.2, 0) is 19.1 Å². The third kappa shape index (κ3) is 4.53. The van der Waals surface area contributed by atoms with Gasteiger partial charge in [0, 0.05) is 25.8 Å². The molecule has 1 spiro atoms. The van der Waals surface area contributed by atoms with E-state index in [0.717, 1.165) is 0 Å². The lowest BCUT2D eigenvalue weighted by Crippen LogP contribution is -2.60. The molecule has 3 amide bonds. The number of amides is 3. The number of benzene rings is 1. The highest BCUT2D eigenvalue weighted by molar-refractivity contribution is 6.05. The number of hydrogen-bond donors (Lipinski definition) is 1. The van der Waals surface area contributed by atoms with Crippen LogP contribution in [0.3, 0.4) is 0 Å². The van der Waals surface area contributed by atoms with E-state index in [0.29, 0.717) is 37.2 Å². The summed E-state index contributed by atoms with van der Waals surface area (Å²) >= 11 is 0. The zero-order chi connectivity index (χ0) is 29.4. The summed E-state index contributed by atoms with van der Waals surface area (Å²) in [6.07, 6.45) is 4.99. The van der Waals surface area contributed by atoms with Crippen molar-refractivity contribution in [3.63, 3.8) is 0 Å². The molecule has 1 N–H and O–H groups in total. The number of methoxy groups -OCH3 is 1. The second-order valence-electron chi connectivity index (χ2n) is 11.6. The number of anilines is 1. The van der Waals surface area contributed by atoms with Crippen LogP contribution in [0.2, 0.25) is 0 Å². The maximum absolute atomic E-state index is 14.7. The Bertz CT molecular complexity index is 1150. The Kier molecular flexibility index (Phi) is 8.47. The number of ether oxygens (including phenoxy) is 2. The molecule has 3 fully saturated rings. The number of hydrogen-bond acceptors (Lipinski definition) is 6. The van der Waals surface area contributed by atoms with Gasteiger partial charge in [0.05, 0.1) is 37.2 Å². The van der Waals surface area contributed by atoms with Crippen LogP contribution in [-0.4, -0.2) is 89.8 Å². The summed E-state index contributed by atoms with van der Waals surface area (Å²) < 4.78 is 12.1. The number of carbonyl (C=O) groups is 3. The summed E-state index contributed by atoms with van der Waals surface area (Å²) in [5, 5.41) is 10.6. The molecule has 3 aliphatic heterocycles. The molecule has 218 valence electrons. The minimum absolute atomic E-state index is 0.0845. The first kappa shape index (κ1) is 29.8. The van der Waals surface area contributed by atoms with Crippen LogP contribution in [0.5, 0.6) is 5.75 Å². The molecule has 2 bridgehead atoms. The Labute approximate surface area is 237 Å². The quantitative estimate of drug-likeness (QED) is 0.400. The molecular weight excluding hydrogens is 510 g/mol. The fraction of sp³-hybridized carbons (Fsp3) is 0.581. The second kappa shape index (κ2) is 11.4. The Morgan fingerprint density at radius 2 is 1.85 bits per heavy atom. The van der Waals surface area contributed by atoms with Gasteiger partial charge >= 0.3 is 0 Å². The van der Waals surface area contributed by atoms with Crippen molar-refractivity contribution < 1.29 is 29.0 Å². The molecule has 1 aromatic rings. The SMILES string of the molecule is C=CCN(C)C(=O)[C@@H]1[C@H]2C(=O)N([C@@H](CO)[C@@H](C)CC)C(C(=O)N(CC=C)c3ccc(OC)cc3)C23CC[C@@]1(C)O3.